The van der Waals surface area contributed by atoms with Crippen LogP contribution in [0.15, 0.2) is 41.8 Å². The highest BCUT2D eigenvalue weighted by molar-refractivity contribution is 6.76. The maximum atomic E-state index is 6.51. The molecule has 258 valence electrons. The van der Waals surface area contributed by atoms with Crippen LogP contribution in [0.4, 0.5) is 5.82 Å². The van der Waals surface area contributed by atoms with E-state index in [1.807, 2.05) is 18.6 Å². The average Bonchev–Trinajstić information content (AvgIpc) is 3.39. The fraction of sp³-hybridized carbons (Fsp3) is 0.632. The minimum Gasteiger partial charge on any atom is -0.361 e. The SMILES string of the molecule is C[Si](C)(C)CCOCN(COCC[Si](C)(C)C)c1c(C2CC2)c([C@H]2C[C@@H]3CC[C@@H](C3)C2)nc2c(-c3ccc(C4=NC=CC4)nc3)cnn12. The number of nitrogens with zero attached hydrogens (tertiary/aromatic N) is 6. The van der Waals surface area contributed by atoms with Crippen LogP contribution in [-0.4, -0.2) is 68.1 Å². The van der Waals surface area contributed by atoms with Crippen LogP contribution in [0.5, 0.6) is 0 Å². The molecule has 3 atom stereocenters. The normalized spacial score (nSPS) is 22.5. The third-order valence-corrected chi connectivity index (χ3v) is 14.2. The summed E-state index contributed by atoms with van der Waals surface area (Å²) in [5, 5.41) is 5.10. The molecule has 4 aliphatic rings. The number of ether oxygens (including phenoxy) is 2. The molecule has 0 spiro atoms. The molecule has 0 unspecified atom stereocenters. The van der Waals surface area contributed by atoms with E-state index in [1.54, 1.807) is 0 Å². The molecule has 3 aromatic rings. The van der Waals surface area contributed by atoms with Crippen LogP contribution in [0.25, 0.3) is 16.8 Å². The van der Waals surface area contributed by atoms with Crippen molar-refractivity contribution < 1.29 is 9.47 Å². The molecule has 0 aromatic carbocycles. The number of rotatable bonds is 15. The Morgan fingerprint density at radius 2 is 1.52 bits per heavy atom. The maximum absolute atomic E-state index is 6.51. The van der Waals surface area contributed by atoms with Gasteiger partial charge in [0.15, 0.2) is 5.65 Å². The standard InChI is InChI=1S/C38H56N6O2Si2/c1-47(2,3)18-16-45-25-43(26-46-17-19-48(4,5)6)38-35(29-11-12-29)36(31-21-27-9-10-28(20-27)22-31)42-37-32(24-41-44(37)38)30-13-14-34(40-23-30)33-8-7-15-39-33/h7,13-15,23-24,27-29,31H,8-12,16-22,25-26H2,1-6H3/t27-,28+,31+. The lowest BCUT2D eigenvalue weighted by molar-refractivity contribution is 0.0940. The fourth-order valence-corrected chi connectivity index (χ4v) is 9.35. The number of fused-ring (bicyclic) bond motifs is 3. The zero-order valence-corrected chi connectivity index (χ0v) is 32.2. The lowest BCUT2D eigenvalue weighted by Crippen LogP contribution is -2.34. The van der Waals surface area contributed by atoms with E-state index in [-0.39, 0.29) is 0 Å². The van der Waals surface area contributed by atoms with Crippen LogP contribution in [0.3, 0.4) is 0 Å². The van der Waals surface area contributed by atoms with Crippen molar-refractivity contribution in [3.8, 4) is 11.1 Å². The minimum atomic E-state index is -1.22. The van der Waals surface area contributed by atoms with Gasteiger partial charge >= 0.3 is 0 Å². The monoisotopic (exact) mass is 684 g/mol. The van der Waals surface area contributed by atoms with Gasteiger partial charge in [0.1, 0.15) is 19.3 Å². The molecule has 0 radical (unpaired) electrons. The maximum Gasteiger partial charge on any atom is 0.165 e. The second-order valence-corrected chi connectivity index (χ2v) is 28.6. The first kappa shape index (κ1) is 33.8. The molecular weight excluding hydrogens is 629 g/mol. The number of hydrogen-bond acceptors (Lipinski definition) is 7. The van der Waals surface area contributed by atoms with Crippen LogP contribution < -0.4 is 4.90 Å². The molecule has 0 saturated heterocycles. The first-order valence-corrected chi connectivity index (χ1v) is 25.9. The Morgan fingerprint density at radius 1 is 0.833 bits per heavy atom. The zero-order valence-electron chi connectivity index (χ0n) is 30.2. The van der Waals surface area contributed by atoms with Crippen molar-refractivity contribution in [1.82, 2.24) is 19.6 Å². The van der Waals surface area contributed by atoms with E-state index in [9.17, 15) is 0 Å². The van der Waals surface area contributed by atoms with Gasteiger partial charge in [0.25, 0.3) is 0 Å². The molecule has 2 bridgehead atoms. The third-order valence-electron chi connectivity index (χ3n) is 10.7. The number of pyridine rings is 1. The largest absolute Gasteiger partial charge is 0.361 e. The molecule has 10 heteroatoms. The number of anilines is 1. The van der Waals surface area contributed by atoms with Crippen molar-refractivity contribution in [3.05, 3.63) is 53.8 Å². The Labute approximate surface area is 289 Å². The Hall–Kier alpha value is -2.67. The van der Waals surface area contributed by atoms with E-state index in [1.165, 1.54) is 56.2 Å². The summed E-state index contributed by atoms with van der Waals surface area (Å²) in [6.45, 7) is 17.0. The van der Waals surface area contributed by atoms with E-state index in [2.05, 4.69) is 71.9 Å². The molecule has 3 fully saturated rings. The summed E-state index contributed by atoms with van der Waals surface area (Å²) < 4.78 is 15.1. The van der Waals surface area contributed by atoms with Crippen LogP contribution in [0.2, 0.25) is 51.4 Å². The van der Waals surface area contributed by atoms with E-state index in [0.29, 0.717) is 25.3 Å². The van der Waals surface area contributed by atoms with E-state index in [4.69, 9.17) is 24.5 Å². The van der Waals surface area contributed by atoms with Crippen molar-refractivity contribution in [2.75, 3.05) is 31.6 Å². The van der Waals surface area contributed by atoms with Gasteiger partial charge in [0.2, 0.25) is 0 Å². The Bertz CT molecular complexity index is 1620. The summed E-state index contributed by atoms with van der Waals surface area (Å²) in [5.74, 6) is 3.82. The Morgan fingerprint density at radius 3 is 2.08 bits per heavy atom. The number of hydrogen-bond donors (Lipinski definition) is 0. The summed E-state index contributed by atoms with van der Waals surface area (Å²) >= 11 is 0. The average molecular weight is 685 g/mol. The van der Waals surface area contributed by atoms with Crippen molar-refractivity contribution in [2.24, 2.45) is 16.8 Å². The molecule has 3 aromatic heterocycles. The Balaban J connectivity index is 1.30. The lowest BCUT2D eigenvalue weighted by Gasteiger charge is -2.33. The molecule has 3 saturated carbocycles. The number of allylic oxidation sites excluding steroid dienone is 1. The predicted molar refractivity (Wildman–Crippen MR) is 202 cm³/mol. The van der Waals surface area contributed by atoms with E-state index >= 15 is 0 Å². The quantitative estimate of drug-likeness (QED) is 0.0903. The van der Waals surface area contributed by atoms with Crippen LogP contribution in [0, 0.1) is 11.8 Å². The second-order valence-electron chi connectivity index (χ2n) is 17.3. The summed E-state index contributed by atoms with van der Waals surface area (Å²) in [6, 6.07) is 6.54. The lowest BCUT2D eigenvalue weighted by atomic mass is 9.78. The van der Waals surface area contributed by atoms with Gasteiger partial charge in [-0.15, -0.1) is 0 Å². The molecule has 1 aliphatic heterocycles. The van der Waals surface area contributed by atoms with Gasteiger partial charge < -0.3 is 14.4 Å². The Kier molecular flexibility index (Phi) is 9.81. The number of aromatic nitrogens is 4. The van der Waals surface area contributed by atoms with Crippen molar-refractivity contribution in [1.29, 1.82) is 0 Å². The number of aliphatic imine (C=N–C) groups is 1. The van der Waals surface area contributed by atoms with Crippen molar-refractivity contribution >= 4 is 33.3 Å². The van der Waals surface area contributed by atoms with Gasteiger partial charge in [-0.3, -0.25) is 9.98 Å². The van der Waals surface area contributed by atoms with Crippen LogP contribution >= 0.6 is 0 Å². The van der Waals surface area contributed by atoms with Gasteiger partial charge in [-0.05, 0) is 68.0 Å². The molecule has 8 nitrogen and oxygen atoms in total. The van der Waals surface area contributed by atoms with E-state index < -0.39 is 16.1 Å². The molecular formula is C38H56N6O2Si2. The molecule has 4 heterocycles. The fourth-order valence-electron chi connectivity index (χ4n) is 7.84. The van der Waals surface area contributed by atoms with Crippen LogP contribution in [-0.2, 0) is 9.47 Å². The minimum absolute atomic E-state index is 0.493. The highest BCUT2D eigenvalue weighted by Gasteiger charge is 2.41. The topological polar surface area (TPSA) is 77.1 Å². The van der Waals surface area contributed by atoms with Gasteiger partial charge in [-0.2, -0.15) is 9.61 Å². The second kappa shape index (κ2) is 13.9. The summed E-state index contributed by atoms with van der Waals surface area (Å²) in [6.07, 6.45) is 17.9. The first-order valence-electron chi connectivity index (χ1n) is 18.5. The molecule has 3 aliphatic carbocycles. The summed E-state index contributed by atoms with van der Waals surface area (Å²) in [4.78, 5) is 17.3. The van der Waals surface area contributed by atoms with Gasteiger partial charge in [0, 0.05) is 70.8 Å². The summed E-state index contributed by atoms with van der Waals surface area (Å²) in [7, 11) is -2.45. The molecule has 0 N–H and O–H groups in total. The van der Waals surface area contributed by atoms with Gasteiger partial charge in [-0.25, -0.2) is 4.98 Å². The van der Waals surface area contributed by atoms with Crippen LogP contribution in [0.1, 0.15) is 80.2 Å². The molecule has 0 amide bonds. The van der Waals surface area contributed by atoms with E-state index in [0.717, 1.165) is 77.6 Å². The predicted octanol–water partition coefficient (Wildman–Crippen LogP) is 9.10. The van der Waals surface area contributed by atoms with Gasteiger partial charge in [-0.1, -0.05) is 64.3 Å². The van der Waals surface area contributed by atoms with Crippen molar-refractivity contribution in [3.63, 3.8) is 0 Å². The smallest absolute Gasteiger partial charge is 0.165 e. The first-order chi connectivity index (χ1) is 23.0. The highest BCUT2D eigenvalue weighted by Crippen LogP contribution is 2.53. The van der Waals surface area contributed by atoms with Crippen molar-refractivity contribution in [2.45, 2.75) is 115 Å². The third kappa shape index (κ3) is 7.87. The highest BCUT2D eigenvalue weighted by atomic mass is 28.3. The van der Waals surface area contributed by atoms with Gasteiger partial charge in [0.05, 0.1) is 23.3 Å². The zero-order chi connectivity index (χ0) is 33.5. The molecule has 7 rings (SSSR count). The summed E-state index contributed by atoms with van der Waals surface area (Å²) in [5.41, 5.74) is 7.67. The molecule has 48 heavy (non-hydrogen) atoms.